The van der Waals surface area contributed by atoms with E-state index < -0.39 is 63.2 Å². The van der Waals surface area contributed by atoms with Gasteiger partial charge in [-0.1, -0.05) is 23.7 Å². The van der Waals surface area contributed by atoms with E-state index in [1.807, 2.05) is 18.2 Å². The van der Waals surface area contributed by atoms with Gasteiger partial charge in [0.05, 0.1) is 18.2 Å². The van der Waals surface area contributed by atoms with Crippen LogP contribution in [0.5, 0.6) is 11.5 Å². The van der Waals surface area contributed by atoms with Gasteiger partial charge in [0.15, 0.2) is 22.3 Å². The molecule has 1 N–H and O–H groups in total. The van der Waals surface area contributed by atoms with Crippen molar-refractivity contribution in [3.05, 3.63) is 86.6 Å². The molecule has 1 saturated carbocycles. The highest BCUT2D eigenvalue weighted by molar-refractivity contribution is 7.90. The monoisotopic (exact) mass is 711 g/mol. The van der Waals surface area contributed by atoms with Crippen molar-refractivity contribution in [2.75, 3.05) is 20.5 Å². The summed E-state index contributed by atoms with van der Waals surface area (Å²) < 4.78 is 109. The van der Waals surface area contributed by atoms with Crippen molar-refractivity contribution >= 4 is 44.3 Å². The molecule has 1 aliphatic carbocycles. The summed E-state index contributed by atoms with van der Waals surface area (Å²) in [6.45, 7) is -0.341. The minimum atomic E-state index is -5.51. The maximum Gasteiger partial charge on any atom is 0.270 e. The van der Waals surface area contributed by atoms with E-state index in [-0.39, 0.29) is 23.9 Å². The van der Waals surface area contributed by atoms with Gasteiger partial charge < -0.3 is 18.9 Å². The number of amides is 2. The zero-order valence-corrected chi connectivity index (χ0v) is 27.0. The third-order valence-corrected chi connectivity index (χ3v) is 10.1. The van der Waals surface area contributed by atoms with Gasteiger partial charge in [0, 0.05) is 40.7 Å². The number of ether oxygens (including phenoxy) is 2. The number of halogens is 6. The number of nitrogens with zero attached hydrogens (tertiary/aromatic N) is 2. The number of hydrogen-bond donors (Lipinski definition) is 1. The summed E-state index contributed by atoms with van der Waals surface area (Å²) in [5.74, 6) is -12.6. The molecule has 0 spiro atoms. The Balaban J connectivity index is 1.41. The fourth-order valence-corrected chi connectivity index (χ4v) is 7.79. The normalized spacial score (nSPS) is 14.6. The lowest BCUT2D eigenvalue weighted by Crippen LogP contribution is -2.37. The molecule has 1 aromatic heterocycles. The number of alkyl halides is 1. The molecule has 3 aromatic carbocycles. The lowest BCUT2D eigenvalue weighted by Gasteiger charge is -2.30. The number of aromatic nitrogens is 1. The van der Waals surface area contributed by atoms with Crippen molar-refractivity contribution in [2.24, 2.45) is 0 Å². The molecule has 4 aromatic rings. The third kappa shape index (κ3) is 5.72. The molecule has 0 saturated heterocycles. The first-order valence-corrected chi connectivity index (χ1v) is 16.5. The Morgan fingerprint density at radius 1 is 1.06 bits per heavy atom. The van der Waals surface area contributed by atoms with Gasteiger partial charge in [0.2, 0.25) is 18.5 Å². The Kier molecular flexibility index (Phi) is 8.79. The van der Waals surface area contributed by atoms with Crippen molar-refractivity contribution in [1.82, 2.24) is 14.2 Å². The van der Waals surface area contributed by atoms with E-state index in [1.54, 1.807) is 31.1 Å². The first kappa shape index (κ1) is 33.5. The van der Waals surface area contributed by atoms with E-state index in [1.165, 1.54) is 9.29 Å². The molecule has 2 heterocycles. The van der Waals surface area contributed by atoms with E-state index in [9.17, 15) is 40.0 Å². The fourth-order valence-electron chi connectivity index (χ4n) is 6.34. The predicted molar refractivity (Wildman–Crippen MR) is 163 cm³/mol. The van der Waals surface area contributed by atoms with Gasteiger partial charge in [-0.2, -0.15) is 4.39 Å². The highest BCUT2D eigenvalue weighted by atomic mass is 35.5. The number of aryl methyl sites for hydroxylation is 1. The summed E-state index contributed by atoms with van der Waals surface area (Å²) in [7, 11) is -3.94. The van der Waals surface area contributed by atoms with E-state index >= 15 is 0 Å². The number of nitrogens with one attached hydrogen (secondary N) is 1. The molecule has 0 atom stereocenters. The van der Waals surface area contributed by atoms with Crippen molar-refractivity contribution in [1.29, 1.82) is 0 Å². The van der Waals surface area contributed by atoms with Crippen LogP contribution in [0.3, 0.4) is 0 Å². The molecule has 9 nitrogen and oxygen atoms in total. The molecule has 0 unspecified atom stereocenters. The number of rotatable bonds is 9. The average Bonchev–Trinajstić information content (AvgIpc) is 3.83. The van der Waals surface area contributed by atoms with Gasteiger partial charge in [0.25, 0.3) is 21.8 Å². The first-order chi connectivity index (χ1) is 22.8. The second-order valence-electron chi connectivity index (χ2n) is 11.5. The number of methoxy groups -OCH3 is 1. The molecule has 0 radical (unpaired) electrons. The quantitative estimate of drug-likeness (QED) is 0.129. The second-order valence-corrected chi connectivity index (χ2v) is 13.6. The molecule has 0 bridgehead atoms. The Morgan fingerprint density at radius 2 is 1.77 bits per heavy atom. The molecule has 2 amide bonds. The summed E-state index contributed by atoms with van der Waals surface area (Å²) in [5, 5.41) is 0.733. The summed E-state index contributed by atoms with van der Waals surface area (Å²) in [4.78, 5) is 27.5. The van der Waals surface area contributed by atoms with Crippen molar-refractivity contribution in [3.8, 4) is 11.5 Å². The SMILES string of the molecule is COc1cccc2c1CCN(C(=O)c1c(C3CC3)n(CC(=O)NS(=O)(=O)c3c(F)c(F)c(F)c(F)c3OCF)c3c(C)cc(Cl)cc13)C2. The highest BCUT2D eigenvalue weighted by Crippen LogP contribution is 2.47. The largest absolute Gasteiger partial charge is 0.496 e. The Hall–Kier alpha value is -4.37. The molecular formula is C32H27ClF5N3O6S. The van der Waals surface area contributed by atoms with Crippen molar-refractivity contribution in [2.45, 2.75) is 50.1 Å². The van der Waals surface area contributed by atoms with Crippen molar-refractivity contribution < 1.29 is 49.4 Å². The standard InChI is InChI=1S/C32H27ClF5N3O6S/c1-15-10-18(33)11-20-23(32(43)40-9-8-19-17(12-40)4-3-5-21(19)46-2)29(16-6-7-16)41(28(15)20)13-22(42)39-48(44,45)31-27(38)25(36)24(35)26(37)30(31)47-14-34/h3-5,10-11,16H,6-9,12-14H2,1-2H3,(H,39,42). The van der Waals surface area contributed by atoms with E-state index in [0.717, 1.165) is 11.1 Å². The number of fused-ring (bicyclic) bond motifs is 2. The molecular weight excluding hydrogens is 685 g/mol. The average molecular weight is 712 g/mol. The number of sulfonamides is 1. The zero-order valence-electron chi connectivity index (χ0n) is 25.4. The number of benzene rings is 3. The van der Waals surface area contributed by atoms with E-state index in [2.05, 4.69) is 4.74 Å². The van der Waals surface area contributed by atoms with Crippen LogP contribution in [0.15, 0.2) is 35.2 Å². The fraction of sp³-hybridized carbons (Fsp3) is 0.312. The number of carbonyl (C=O) groups is 2. The van der Waals surface area contributed by atoms with Crippen LogP contribution in [0, 0.1) is 30.2 Å². The molecule has 16 heteroatoms. The van der Waals surface area contributed by atoms with Gasteiger partial charge in [-0.15, -0.1) is 0 Å². The maximum atomic E-state index is 14.7. The molecule has 6 rings (SSSR count). The lowest BCUT2D eigenvalue weighted by atomic mass is 9.97. The number of carbonyl (C=O) groups excluding carboxylic acids is 2. The van der Waals surface area contributed by atoms with Gasteiger partial charge >= 0.3 is 0 Å². The smallest absolute Gasteiger partial charge is 0.270 e. The molecule has 1 fully saturated rings. The summed E-state index contributed by atoms with van der Waals surface area (Å²) in [6.07, 6.45) is 1.84. The summed E-state index contributed by atoms with van der Waals surface area (Å²) >= 11 is 6.43. The van der Waals surface area contributed by atoms with Crippen LogP contribution in [0.1, 0.15) is 51.5 Å². The third-order valence-electron chi connectivity index (χ3n) is 8.46. The highest BCUT2D eigenvalue weighted by Gasteiger charge is 2.39. The zero-order chi connectivity index (χ0) is 34.7. The van der Waals surface area contributed by atoms with Gasteiger partial charge in [0.1, 0.15) is 12.3 Å². The summed E-state index contributed by atoms with van der Waals surface area (Å²) in [5.41, 5.74) is 3.59. The van der Waals surface area contributed by atoms with Crippen molar-refractivity contribution in [3.63, 3.8) is 0 Å². The molecule has 254 valence electrons. The van der Waals surface area contributed by atoms with Crippen LogP contribution in [-0.4, -0.2) is 50.2 Å². The van der Waals surface area contributed by atoms with Crippen LogP contribution in [0.25, 0.3) is 10.9 Å². The second kappa shape index (κ2) is 12.6. The van der Waals surface area contributed by atoms with Crippen LogP contribution >= 0.6 is 11.6 Å². The minimum absolute atomic E-state index is 0.182. The van der Waals surface area contributed by atoms with Gasteiger partial charge in [-0.05, 0) is 55.5 Å². The maximum absolute atomic E-state index is 14.7. The Morgan fingerprint density at radius 3 is 2.44 bits per heavy atom. The Labute approximate surface area is 276 Å². The minimum Gasteiger partial charge on any atom is -0.496 e. The Bertz CT molecular complexity index is 2120. The predicted octanol–water partition coefficient (Wildman–Crippen LogP) is 6.05. The molecule has 1 aliphatic heterocycles. The number of hydrogen-bond acceptors (Lipinski definition) is 6. The van der Waals surface area contributed by atoms with Crippen LogP contribution in [0.4, 0.5) is 22.0 Å². The van der Waals surface area contributed by atoms with Crippen LogP contribution < -0.4 is 14.2 Å². The van der Waals surface area contributed by atoms with Gasteiger partial charge in [-0.25, -0.2) is 30.7 Å². The molecule has 48 heavy (non-hydrogen) atoms. The topological polar surface area (TPSA) is 107 Å². The lowest BCUT2D eigenvalue weighted by molar-refractivity contribution is -0.119. The summed E-state index contributed by atoms with van der Waals surface area (Å²) in [6, 6.07) is 8.76. The van der Waals surface area contributed by atoms with Gasteiger partial charge in [-0.3, -0.25) is 9.59 Å². The van der Waals surface area contributed by atoms with E-state index in [4.69, 9.17) is 16.3 Å². The first-order valence-electron chi connectivity index (χ1n) is 14.7. The molecule has 2 aliphatic rings. The van der Waals surface area contributed by atoms with Crippen LogP contribution in [0.2, 0.25) is 5.02 Å². The van der Waals surface area contributed by atoms with Crippen LogP contribution in [-0.2, 0) is 34.3 Å². The van der Waals surface area contributed by atoms with E-state index in [0.29, 0.717) is 58.7 Å².